The predicted octanol–water partition coefficient (Wildman–Crippen LogP) is 4.54. The quantitative estimate of drug-likeness (QED) is 0.575. The highest BCUT2D eigenvalue weighted by atomic mass is 79.9. The third kappa shape index (κ3) is 2.82. The number of pyridine rings is 1. The zero-order valence-electron chi connectivity index (χ0n) is 7.45. The van der Waals surface area contributed by atoms with E-state index in [4.69, 9.17) is 11.6 Å². The molecule has 1 heterocycles. The van der Waals surface area contributed by atoms with Gasteiger partial charge in [0.1, 0.15) is 11.4 Å². The molecule has 0 amide bonds. The second-order valence-corrected chi connectivity index (χ2v) is 3.91. The maximum absolute atomic E-state index is 12.5. The third-order valence-electron chi connectivity index (χ3n) is 1.72. The van der Waals surface area contributed by atoms with Crippen LogP contribution in [0.5, 0.6) is 0 Å². The van der Waals surface area contributed by atoms with Crippen LogP contribution in [0.2, 0.25) is 0 Å². The first-order valence-electron chi connectivity index (χ1n) is 3.88. The van der Waals surface area contributed by atoms with E-state index in [1.54, 1.807) is 0 Å². The van der Waals surface area contributed by atoms with Gasteiger partial charge < -0.3 is 0 Å². The summed E-state index contributed by atoms with van der Waals surface area (Å²) in [6, 6.07) is 0.831. The molecule has 0 unspecified atom stereocenters. The Hall–Kier alpha value is -0.430. The minimum Gasteiger partial charge on any atom is -0.242 e. The summed E-state index contributed by atoms with van der Waals surface area (Å²) in [6.07, 6.45) is -7.88. The van der Waals surface area contributed by atoms with Gasteiger partial charge in [-0.15, -0.1) is 11.6 Å². The van der Waals surface area contributed by atoms with Crippen molar-refractivity contribution in [2.45, 2.75) is 18.5 Å². The molecule has 8 heteroatoms. The summed E-state index contributed by atoms with van der Waals surface area (Å²) < 4.78 is 61.8. The van der Waals surface area contributed by atoms with Gasteiger partial charge in [0.15, 0.2) is 0 Å². The minimum atomic E-state index is -4.81. The van der Waals surface area contributed by atoms with Crippen molar-refractivity contribution >= 4 is 27.5 Å². The van der Waals surface area contributed by atoms with Gasteiger partial charge in [-0.3, -0.25) is 0 Å². The first kappa shape index (κ1) is 13.6. The zero-order chi connectivity index (χ0) is 12.5. The average molecular weight is 324 g/mol. The summed E-state index contributed by atoms with van der Waals surface area (Å²) in [4.78, 5) is 2.89. The van der Waals surface area contributed by atoms with Gasteiger partial charge in [-0.2, -0.15) is 13.2 Å². The molecule has 0 bridgehead atoms. The molecule has 0 saturated heterocycles. The number of rotatable bonds is 2. The molecule has 0 N–H and O–H groups in total. The Kier molecular flexibility index (Phi) is 4.12. The van der Waals surface area contributed by atoms with E-state index in [2.05, 4.69) is 20.9 Å². The summed E-state index contributed by atoms with van der Waals surface area (Å²) in [5, 5.41) is 0. The lowest BCUT2D eigenvalue weighted by atomic mass is 10.2. The number of aromatic nitrogens is 1. The molecular weight excluding hydrogens is 320 g/mol. The van der Waals surface area contributed by atoms with Crippen molar-refractivity contribution in [2.24, 2.45) is 0 Å². The molecule has 0 aliphatic rings. The smallest absolute Gasteiger partial charge is 0.242 e. The Bertz CT molecular complexity index is 393. The molecule has 16 heavy (non-hydrogen) atoms. The molecule has 1 rings (SSSR count). The maximum atomic E-state index is 12.5. The molecule has 1 aromatic heterocycles. The van der Waals surface area contributed by atoms with Crippen molar-refractivity contribution in [3.05, 3.63) is 27.5 Å². The zero-order valence-corrected chi connectivity index (χ0v) is 9.80. The predicted molar refractivity (Wildman–Crippen MR) is 51.5 cm³/mol. The fourth-order valence-corrected chi connectivity index (χ4v) is 2.03. The standard InChI is InChI=1S/C8H4BrClF5N/c9-4-1-5(7(11)12)16-6(3(4)2-10)8(13,14)15/h1,7H,2H2. The minimum absolute atomic E-state index is 0.125. The Labute approximate surface area is 101 Å². The summed E-state index contributed by atoms with van der Waals surface area (Å²) in [5.41, 5.74) is -2.67. The van der Waals surface area contributed by atoms with Gasteiger partial charge in [0, 0.05) is 10.0 Å². The normalized spacial score (nSPS) is 12.2. The molecule has 0 saturated carbocycles. The van der Waals surface area contributed by atoms with Crippen LogP contribution in [-0.2, 0) is 12.1 Å². The lowest BCUT2D eigenvalue weighted by Gasteiger charge is -2.13. The first-order valence-corrected chi connectivity index (χ1v) is 5.20. The summed E-state index contributed by atoms with van der Waals surface area (Å²) in [5.74, 6) is -0.466. The van der Waals surface area contributed by atoms with E-state index in [0.717, 1.165) is 6.07 Å². The molecule has 0 fully saturated rings. The summed E-state index contributed by atoms with van der Waals surface area (Å²) in [6.45, 7) is 0. The van der Waals surface area contributed by atoms with Crippen molar-refractivity contribution in [1.29, 1.82) is 0 Å². The van der Waals surface area contributed by atoms with E-state index >= 15 is 0 Å². The second-order valence-electron chi connectivity index (χ2n) is 2.79. The second kappa shape index (κ2) is 4.83. The molecule has 90 valence electrons. The van der Waals surface area contributed by atoms with Crippen LogP contribution in [0.3, 0.4) is 0 Å². The van der Waals surface area contributed by atoms with Gasteiger partial charge in [-0.05, 0) is 6.07 Å². The van der Waals surface area contributed by atoms with Gasteiger partial charge in [-0.25, -0.2) is 13.8 Å². The highest BCUT2D eigenvalue weighted by molar-refractivity contribution is 9.10. The van der Waals surface area contributed by atoms with Crippen LogP contribution in [0.15, 0.2) is 10.5 Å². The van der Waals surface area contributed by atoms with Gasteiger partial charge >= 0.3 is 6.18 Å². The lowest BCUT2D eigenvalue weighted by molar-refractivity contribution is -0.142. The molecule has 1 nitrogen and oxygen atoms in total. The number of hydrogen-bond donors (Lipinski definition) is 0. The van der Waals surface area contributed by atoms with Crippen molar-refractivity contribution in [2.75, 3.05) is 0 Å². The Morgan fingerprint density at radius 1 is 1.38 bits per heavy atom. The van der Waals surface area contributed by atoms with E-state index in [-0.39, 0.29) is 10.0 Å². The van der Waals surface area contributed by atoms with E-state index in [1.807, 2.05) is 0 Å². The molecule has 0 spiro atoms. The summed E-state index contributed by atoms with van der Waals surface area (Å²) in [7, 11) is 0. The van der Waals surface area contributed by atoms with Crippen LogP contribution in [0, 0.1) is 0 Å². The Balaban J connectivity index is 3.43. The lowest BCUT2D eigenvalue weighted by Crippen LogP contribution is -2.13. The van der Waals surface area contributed by atoms with Crippen LogP contribution in [0.25, 0.3) is 0 Å². The van der Waals surface area contributed by atoms with Crippen molar-refractivity contribution in [3.8, 4) is 0 Å². The van der Waals surface area contributed by atoms with Crippen LogP contribution in [0.4, 0.5) is 22.0 Å². The number of halogens is 7. The molecular formula is C8H4BrClF5N. The van der Waals surface area contributed by atoms with Crippen molar-refractivity contribution in [1.82, 2.24) is 4.98 Å². The van der Waals surface area contributed by atoms with Crippen LogP contribution in [0.1, 0.15) is 23.4 Å². The highest BCUT2D eigenvalue weighted by Gasteiger charge is 2.37. The van der Waals surface area contributed by atoms with Crippen molar-refractivity contribution in [3.63, 3.8) is 0 Å². The van der Waals surface area contributed by atoms with E-state index in [9.17, 15) is 22.0 Å². The SMILES string of the molecule is FC(F)c1cc(Br)c(CCl)c(C(F)(F)F)n1. The molecule has 0 aliphatic carbocycles. The fraction of sp³-hybridized carbons (Fsp3) is 0.375. The first-order chi connectivity index (χ1) is 7.27. The van der Waals surface area contributed by atoms with Gasteiger partial charge in [-0.1, -0.05) is 15.9 Å². The Morgan fingerprint density at radius 3 is 2.31 bits per heavy atom. The molecule has 0 aliphatic heterocycles. The largest absolute Gasteiger partial charge is 0.433 e. The van der Waals surface area contributed by atoms with Gasteiger partial charge in [0.2, 0.25) is 0 Å². The summed E-state index contributed by atoms with van der Waals surface area (Å²) >= 11 is 8.08. The van der Waals surface area contributed by atoms with Gasteiger partial charge in [0.25, 0.3) is 6.43 Å². The fourth-order valence-electron chi connectivity index (χ4n) is 1.03. The van der Waals surface area contributed by atoms with Crippen molar-refractivity contribution < 1.29 is 22.0 Å². The molecule has 0 atom stereocenters. The third-order valence-corrected chi connectivity index (χ3v) is 2.69. The highest BCUT2D eigenvalue weighted by Crippen LogP contribution is 2.36. The topological polar surface area (TPSA) is 12.9 Å². The van der Waals surface area contributed by atoms with E-state index in [1.165, 1.54) is 0 Å². The number of hydrogen-bond acceptors (Lipinski definition) is 1. The van der Waals surface area contributed by atoms with E-state index in [0.29, 0.717) is 0 Å². The number of alkyl halides is 6. The van der Waals surface area contributed by atoms with Crippen LogP contribution < -0.4 is 0 Å². The molecule has 1 aromatic rings. The van der Waals surface area contributed by atoms with Gasteiger partial charge in [0.05, 0.1) is 5.88 Å². The maximum Gasteiger partial charge on any atom is 0.433 e. The average Bonchev–Trinajstić information content (AvgIpc) is 2.14. The van der Waals surface area contributed by atoms with Crippen LogP contribution in [-0.4, -0.2) is 4.98 Å². The molecule has 0 aromatic carbocycles. The van der Waals surface area contributed by atoms with E-state index < -0.39 is 29.9 Å². The number of nitrogens with zero attached hydrogens (tertiary/aromatic N) is 1. The monoisotopic (exact) mass is 323 g/mol. The van der Waals surface area contributed by atoms with Crippen LogP contribution >= 0.6 is 27.5 Å². The molecule has 0 radical (unpaired) electrons. The Morgan fingerprint density at radius 2 is 1.94 bits per heavy atom.